The number of hydrogen-bond donors (Lipinski definition) is 2. The van der Waals surface area contributed by atoms with Gasteiger partial charge in [-0.15, -0.1) is 11.3 Å². The number of nitrogens with zero attached hydrogens (tertiary/aromatic N) is 1. The van der Waals surface area contributed by atoms with E-state index in [4.69, 9.17) is 5.73 Å². The number of halogens is 1. The Balaban J connectivity index is 1.95. The average Bonchev–Trinajstić information content (AvgIpc) is 2.80. The number of thiazole rings is 1. The molecule has 3 N–H and O–H groups in total. The zero-order chi connectivity index (χ0) is 12.5. The first-order valence-electron chi connectivity index (χ1n) is 5.38. The average molecular weight is 367 g/mol. The molecule has 3 aromatic rings. The molecule has 0 aliphatic heterocycles. The molecule has 3 nitrogen and oxygen atoms in total. The third kappa shape index (κ3) is 2.28. The summed E-state index contributed by atoms with van der Waals surface area (Å²) in [5, 5.41) is 3.40. The fourth-order valence-corrected chi connectivity index (χ4v) is 3.11. The number of hydrogen-bond acceptors (Lipinski definition) is 4. The molecule has 3 rings (SSSR count). The van der Waals surface area contributed by atoms with E-state index in [1.54, 1.807) is 11.3 Å². The number of anilines is 3. The smallest absolute Gasteiger partial charge is 0.0813 e. The number of nitrogens with two attached hydrogens (primary N) is 1. The van der Waals surface area contributed by atoms with Crippen molar-refractivity contribution < 1.29 is 0 Å². The minimum absolute atomic E-state index is 0.780. The van der Waals surface area contributed by atoms with E-state index in [0.29, 0.717) is 0 Å². The van der Waals surface area contributed by atoms with Crippen LogP contribution < -0.4 is 11.1 Å². The summed E-state index contributed by atoms with van der Waals surface area (Å²) in [5.41, 5.74) is 11.6. The van der Waals surface area contributed by atoms with E-state index in [9.17, 15) is 0 Å². The maximum atomic E-state index is 5.74. The second kappa shape index (κ2) is 4.74. The Bertz CT molecular complexity index is 708. The summed E-state index contributed by atoms with van der Waals surface area (Å²) in [5.74, 6) is 0. The first-order chi connectivity index (χ1) is 8.72. The highest BCUT2D eigenvalue weighted by Gasteiger charge is 2.02. The molecule has 0 saturated carbocycles. The van der Waals surface area contributed by atoms with Crippen LogP contribution >= 0.6 is 33.9 Å². The van der Waals surface area contributed by atoms with Crippen LogP contribution in [0.1, 0.15) is 0 Å². The minimum Gasteiger partial charge on any atom is -0.399 e. The fraction of sp³-hybridized carbons (Fsp3) is 0. The summed E-state index contributed by atoms with van der Waals surface area (Å²) >= 11 is 3.92. The lowest BCUT2D eigenvalue weighted by atomic mass is 10.2. The van der Waals surface area contributed by atoms with Gasteiger partial charge >= 0.3 is 0 Å². The van der Waals surface area contributed by atoms with Crippen molar-refractivity contribution in [1.29, 1.82) is 0 Å². The number of fused-ring (bicyclic) bond motifs is 1. The minimum atomic E-state index is 0.780. The molecule has 18 heavy (non-hydrogen) atoms. The van der Waals surface area contributed by atoms with Gasteiger partial charge in [-0.25, -0.2) is 4.98 Å². The molecule has 5 heteroatoms. The van der Waals surface area contributed by atoms with Crippen LogP contribution in [0.5, 0.6) is 0 Å². The molecule has 0 atom stereocenters. The lowest BCUT2D eigenvalue weighted by Gasteiger charge is -2.09. The van der Waals surface area contributed by atoms with Crippen LogP contribution in [0, 0.1) is 3.57 Å². The summed E-state index contributed by atoms with van der Waals surface area (Å²) in [4.78, 5) is 4.27. The van der Waals surface area contributed by atoms with Crippen molar-refractivity contribution in [2.45, 2.75) is 0 Å². The zero-order valence-electron chi connectivity index (χ0n) is 9.35. The molecule has 0 bridgehead atoms. The van der Waals surface area contributed by atoms with Gasteiger partial charge < -0.3 is 11.1 Å². The van der Waals surface area contributed by atoms with Crippen LogP contribution in [0.2, 0.25) is 0 Å². The SMILES string of the molecule is Nc1ccc(Nc2ccc3ncsc3c2)c(I)c1. The lowest BCUT2D eigenvalue weighted by molar-refractivity contribution is 1.49. The van der Waals surface area contributed by atoms with Gasteiger partial charge in [0.25, 0.3) is 0 Å². The van der Waals surface area contributed by atoms with Crippen LogP contribution in [0.25, 0.3) is 10.2 Å². The monoisotopic (exact) mass is 367 g/mol. The first-order valence-corrected chi connectivity index (χ1v) is 7.33. The van der Waals surface area contributed by atoms with E-state index in [1.807, 2.05) is 35.8 Å². The molecular weight excluding hydrogens is 357 g/mol. The number of rotatable bonds is 2. The predicted octanol–water partition coefficient (Wildman–Crippen LogP) is 4.23. The largest absolute Gasteiger partial charge is 0.399 e. The van der Waals surface area contributed by atoms with E-state index < -0.39 is 0 Å². The van der Waals surface area contributed by atoms with Gasteiger partial charge in [0.2, 0.25) is 0 Å². The Hall–Kier alpha value is -1.34. The molecule has 1 aromatic heterocycles. The first kappa shape index (κ1) is 11.7. The van der Waals surface area contributed by atoms with Gasteiger partial charge in [0, 0.05) is 14.9 Å². The lowest BCUT2D eigenvalue weighted by Crippen LogP contribution is -1.94. The third-order valence-electron chi connectivity index (χ3n) is 2.60. The van der Waals surface area contributed by atoms with Crippen LogP contribution in [0.3, 0.4) is 0 Å². The van der Waals surface area contributed by atoms with Crippen molar-refractivity contribution in [2.75, 3.05) is 11.1 Å². The number of benzene rings is 2. The molecule has 0 spiro atoms. The van der Waals surface area contributed by atoms with Crippen LogP contribution in [-0.2, 0) is 0 Å². The van der Waals surface area contributed by atoms with Crippen molar-refractivity contribution in [3.8, 4) is 0 Å². The van der Waals surface area contributed by atoms with Crippen molar-refractivity contribution in [1.82, 2.24) is 4.98 Å². The quantitative estimate of drug-likeness (QED) is 0.527. The number of nitrogen functional groups attached to an aromatic ring is 1. The molecule has 0 saturated heterocycles. The Morgan fingerprint density at radius 1 is 1.17 bits per heavy atom. The number of aromatic nitrogens is 1. The van der Waals surface area contributed by atoms with Crippen molar-refractivity contribution in [2.24, 2.45) is 0 Å². The maximum absolute atomic E-state index is 5.74. The molecule has 0 radical (unpaired) electrons. The highest BCUT2D eigenvalue weighted by Crippen LogP contribution is 2.27. The molecule has 0 fully saturated rings. The maximum Gasteiger partial charge on any atom is 0.0813 e. The Labute approximate surface area is 122 Å². The molecular formula is C13H10IN3S. The Morgan fingerprint density at radius 2 is 2.06 bits per heavy atom. The highest BCUT2D eigenvalue weighted by molar-refractivity contribution is 14.1. The van der Waals surface area contributed by atoms with E-state index in [0.717, 1.165) is 26.1 Å². The predicted molar refractivity (Wildman–Crippen MR) is 86.5 cm³/mol. The van der Waals surface area contributed by atoms with Crippen LogP contribution in [0.15, 0.2) is 41.9 Å². The zero-order valence-corrected chi connectivity index (χ0v) is 12.3. The second-order valence-corrected chi connectivity index (χ2v) is 5.95. The van der Waals surface area contributed by atoms with Gasteiger partial charge in [-0.05, 0) is 59.0 Å². The normalized spacial score (nSPS) is 10.7. The molecule has 0 aliphatic carbocycles. The molecule has 2 aromatic carbocycles. The summed E-state index contributed by atoms with van der Waals surface area (Å²) in [6, 6.07) is 12.0. The molecule has 0 aliphatic rings. The van der Waals surface area contributed by atoms with E-state index in [2.05, 4.69) is 39.0 Å². The van der Waals surface area contributed by atoms with Crippen LogP contribution in [0.4, 0.5) is 17.1 Å². The summed E-state index contributed by atoms with van der Waals surface area (Å²) < 4.78 is 2.29. The third-order valence-corrected chi connectivity index (χ3v) is 4.29. The molecule has 0 amide bonds. The van der Waals surface area contributed by atoms with Gasteiger partial charge in [-0.3, -0.25) is 0 Å². The highest BCUT2D eigenvalue weighted by atomic mass is 127. The van der Waals surface area contributed by atoms with Gasteiger partial charge in [-0.1, -0.05) is 0 Å². The summed E-state index contributed by atoms with van der Waals surface area (Å²) in [7, 11) is 0. The van der Waals surface area contributed by atoms with Gasteiger partial charge in [0.1, 0.15) is 0 Å². The topological polar surface area (TPSA) is 50.9 Å². The summed E-state index contributed by atoms with van der Waals surface area (Å²) in [6.07, 6.45) is 0. The second-order valence-electron chi connectivity index (χ2n) is 3.90. The summed E-state index contributed by atoms with van der Waals surface area (Å²) in [6.45, 7) is 0. The Kier molecular flexibility index (Phi) is 3.09. The van der Waals surface area contributed by atoms with Crippen molar-refractivity contribution in [3.63, 3.8) is 0 Å². The van der Waals surface area contributed by atoms with Crippen molar-refractivity contribution in [3.05, 3.63) is 45.5 Å². The number of nitrogens with one attached hydrogen (secondary N) is 1. The van der Waals surface area contributed by atoms with Crippen molar-refractivity contribution >= 4 is 61.2 Å². The Morgan fingerprint density at radius 3 is 2.89 bits per heavy atom. The molecule has 0 unspecified atom stereocenters. The molecule has 1 heterocycles. The standard InChI is InChI=1S/C13H10IN3S/c14-10-5-8(15)1-3-11(10)17-9-2-4-12-13(6-9)18-7-16-12/h1-7,17H,15H2. The van der Waals surface area contributed by atoms with Gasteiger partial charge in [0.05, 0.1) is 21.4 Å². The van der Waals surface area contributed by atoms with Crippen LogP contribution in [-0.4, -0.2) is 4.98 Å². The van der Waals surface area contributed by atoms with Gasteiger partial charge in [0.15, 0.2) is 0 Å². The fourth-order valence-electron chi connectivity index (χ4n) is 1.72. The van der Waals surface area contributed by atoms with E-state index >= 15 is 0 Å². The molecule has 90 valence electrons. The van der Waals surface area contributed by atoms with E-state index in [1.165, 1.54) is 4.70 Å². The van der Waals surface area contributed by atoms with E-state index in [-0.39, 0.29) is 0 Å². The van der Waals surface area contributed by atoms with Gasteiger partial charge in [-0.2, -0.15) is 0 Å².